The number of anilines is 1. The summed E-state index contributed by atoms with van der Waals surface area (Å²) in [5, 5.41) is 2.10. The van der Waals surface area contributed by atoms with E-state index in [1.54, 1.807) is 6.20 Å². The van der Waals surface area contributed by atoms with E-state index in [0.29, 0.717) is 12.4 Å². The average molecular weight is 356 g/mol. The van der Waals surface area contributed by atoms with E-state index in [-0.39, 0.29) is 6.09 Å². The molecule has 2 N–H and O–H groups in total. The van der Waals surface area contributed by atoms with Crippen LogP contribution in [0.4, 0.5) is 10.6 Å². The standard InChI is InChI=1S/C20H28N4O2/c1-20(2,3)26-19(25)24-10-4-9-23(11-12-24)14-15-5-6-17-16(13-15)7-8-22-18(17)21/h5-8,13H,4,9-12,14H2,1-3H3,(H2,21,22). The Morgan fingerprint density at radius 3 is 2.77 bits per heavy atom. The summed E-state index contributed by atoms with van der Waals surface area (Å²) in [5.74, 6) is 0.567. The second-order valence-electron chi connectivity index (χ2n) is 7.85. The van der Waals surface area contributed by atoms with Crippen molar-refractivity contribution in [2.24, 2.45) is 0 Å². The van der Waals surface area contributed by atoms with Gasteiger partial charge in [0.1, 0.15) is 11.4 Å². The minimum absolute atomic E-state index is 0.215. The summed E-state index contributed by atoms with van der Waals surface area (Å²) in [6.07, 6.45) is 2.48. The van der Waals surface area contributed by atoms with Gasteiger partial charge in [0.05, 0.1) is 0 Å². The number of hydrogen-bond acceptors (Lipinski definition) is 5. The maximum Gasteiger partial charge on any atom is 0.410 e. The van der Waals surface area contributed by atoms with Gasteiger partial charge in [-0.3, -0.25) is 4.90 Å². The molecule has 1 aliphatic heterocycles. The van der Waals surface area contributed by atoms with Gasteiger partial charge in [-0.25, -0.2) is 9.78 Å². The number of nitrogen functional groups attached to an aromatic ring is 1. The van der Waals surface area contributed by atoms with E-state index in [4.69, 9.17) is 10.5 Å². The largest absolute Gasteiger partial charge is 0.444 e. The smallest absolute Gasteiger partial charge is 0.410 e. The van der Waals surface area contributed by atoms with Crippen LogP contribution in [0.5, 0.6) is 0 Å². The maximum atomic E-state index is 12.3. The van der Waals surface area contributed by atoms with Gasteiger partial charge in [0, 0.05) is 44.3 Å². The Bertz CT molecular complexity index is 785. The van der Waals surface area contributed by atoms with Gasteiger partial charge in [-0.15, -0.1) is 0 Å². The predicted molar refractivity (Wildman–Crippen MR) is 104 cm³/mol. The molecule has 2 aromatic rings. The summed E-state index contributed by atoms with van der Waals surface area (Å²) in [7, 11) is 0. The third-order valence-corrected chi connectivity index (χ3v) is 4.51. The van der Waals surface area contributed by atoms with Crippen molar-refractivity contribution in [1.82, 2.24) is 14.8 Å². The van der Waals surface area contributed by atoms with E-state index in [1.165, 1.54) is 5.56 Å². The SMILES string of the molecule is CC(C)(C)OC(=O)N1CCCN(Cc2ccc3c(N)nccc3c2)CC1. The van der Waals surface area contributed by atoms with Gasteiger partial charge in [0.2, 0.25) is 0 Å². The lowest BCUT2D eigenvalue weighted by Crippen LogP contribution is -2.39. The highest BCUT2D eigenvalue weighted by molar-refractivity contribution is 5.91. The average Bonchev–Trinajstić information content (AvgIpc) is 2.79. The van der Waals surface area contributed by atoms with Gasteiger partial charge in [-0.2, -0.15) is 0 Å². The van der Waals surface area contributed by atoms with Gasteiger partial charge in [0.25, 0.3) is 0 Å². The van der Waals surface area contributed by atoms with Crippen molar-refractivity contribution in [3.8, 4) is 0 Å². The molecule has 0 unspecified atom stereocenters. The van der Waals surface area contributed by atoms with Crippen molar-refractivity contribution >= 4 is 22.7 Å². The van der Waals surface area contributed by atoms with Crippen molar-refractivity contribution in [1.29, 1.82) is 0 Å². The summed E-state index contributed by atoms with van der Waals surface area (Å²) in [6, 6.07) is 8.31. The number of amides is 1. The molecule has 0 saturated carbocycles. The third kappa shape index (κ3) is 4.64. The zero-order valence-corrected chi connectivity index (χ0v) is 15.9. The van der Waals surface area contributed by atoms with Crippen molar-refractivity contribution in [3.05, 3.63) is 36.0 Å². The first kappa shape index (κ1) is 18.5. The lowest BCUT2D eigenvalue weighted by Gasteiger charge is -2.26. The quantitative estimate of drug-likeness (QED) is 0.894. The molecular weight excluding hydrogens is 328 g/mol. The first-order valence-corrected chi connectivity index (χ1v) is 9.15. The van der Waals surface area contributed by atoms with E-state index in [2.05, 4.69) is 22.0 Å². The Morgan fingerprint density at radius 1 is 1.19 bits per heavy atom. The molecule has 3 rings (SSSR count). The molecule has 1 aliphatic rings. The lowest BCUT2D eigenvalue weighted by atomic mass is 10.1. The Hall–Kier alpha value is -2.34. The Labute approximate surface area is 154 Å². The van der Waals surface area contributed by atoms with Crippen LogP contribution in [0.15, 0.2) is 30.5 Å². The summed E-state index contributed by atoms with van der Waals surface area (Å²) in [4.78, 5) is 20.6. The maximum absolute atomic E-state index is 12.3. The first-order chi connectivity index (χ1) is 12.3. The molecule has 6 heteroatoms. The monoisotopic (exact) mass is 356 g/mol. The molecule has 26 heavy (non-hydrogen) atoms. The topological polar surface area (TPSA) is 71.7 Å². The summed E-state index contributed by atoms with van der Waals surface area (Å²) < 4.78 is 5.50. The number of aromatic nitrogens is 1. The van der Waals surface area contributed by atoms with E-state index >= 15 is 0 Å². The normalized spacial score (nSPS) is 16.5. The molecule has 0 aliphatic carbocycles. The van der Waals surface area contributed by atoms with Crippen LogP contribution < -0.4 is 5.73 Å². The molecule has 1 aromatic carbocycles. The minimum atomic E-state index is -0.453. The Balaban J connectivity index is 1.62. The molecule has 0 atom stereocenters. The van der Waals surface area contributed by atoms with Gasteiger partial charge in [0.15, 0.2) is 0 Å². The molecule has 0 spiro atoms. The van der Waals surface area contributed by atoms with E-state index < -0.39 is 5.60 Å². The molecule has 140 valence electrons. The number of nitrogens with zero attached hydrogens (tertiary/aromatic N) is 3. The fourth-order valence-electron chi connectivity index (χ4n) is 3.25. The van der Waals surface area contributed by atoms with Crippen molar-refractivity contribution in [2.45, 2.75) is 39.3 Å². The zero-order chi connectivity index (χ0) is 18.7. The second-order valence-corrected chi connectivity index (χ2v) is 7.85. The molecule has 0 radical (unpaired) electrons. The van der Waals surface area contributed by atoms with Crippen LogP contribution in [0.2, 0.25) is 0 Å². The summed E-state index contributed by atoms with van der Waals surface area (Å²) in [5.41, 5.74) is 6.72. The molecule has 0 bridgehead atoms. The highest BCUT2D eigenvalue weighted by atomic mass is 16.6. The van der Waals surface area contributed by atoms with Crippen LogP contribution in [-0.4, -0.2) is 52.7 Å². The fourth-order valence-corrected chi connectivity index (χ4v) is 3.25. The number of rotatable bonds is 2. The Kier molecular flexibility index (Phi) is 5.32. The fraction of sp³-hybridized carbons (Fsp3) is 0.500. The highest BCUT2D eigenvalue weighted by Gasteiger charge is 2.24. The summed E-state index contributed by atoms with van der Waals surface area (Å²) in [6.45, 7) is 9.81. The molecular formula is C20H28N4O2. The number of carbonyl (C=O) groups is 1. The lowest BCUT2D eigenvalue weighted by molar-refractivity contribution is 0.0257. The Morgan fingerprint density at radius 2 is 2.00 bits per heavy atom. The van der Waals surface area contributed by atoms with Crippen molar-refractivity contribution < 1.29 is 9.53 Å². The zero-order valence-electron chi connectivity index (χ0n) is 15.9. The molecule has 1 saturated heterocycles. The van der Waals surface area contributed by atoms with E-state index in [1.807, 2.05) is 37.8 Å². The third-order valence-electron chi connectivity index (χ3n) is 4.51. The number of carbonyl (C=O) groups excluding carboxylic acids is 1. The van der Waals surface area contributed by atoms with Crippen molar-refractivity contribution in [3.63, 3.8) is 0 Å². The number of nitrogens with two attached hydrogens (primary N) is 1. The number of benzene rings is 1. The number of ether oxygens (including phenoxy) is 1. The first-order valence-electron chi connectivity index (χ1n) is 9.15. The molecule has 1 amide bonds. The number of pyridine rings is 1. The van der Waals surface area contributed by atoms with Crippen LogP contribution in [0, 0.1) is 0 Å². The second kappa shape index (κ2) is 7.50. The van der Waals surface area contributed by atoms with E-state index in [9.17, 15) is 4.79 Å². The molecule has 1 fully saturated rings. The van der Waals surface area contributed by atoms with Crippen LogP contribution in [0.3, 0.4) is 0 Å². The van der Waals surface area contributed by atoms with Crippen LogP contribution in [0.1, 0.15) is 32.8 Å². The van der Waals surface area contributed by atoms with Gasteiger partial charge >= 0.3 is 6.09 Å². The number of fused-ring (bicyclic) bond motifs is 1. The van der Waals surface area contributed by atoms with E-state index in [0.717, 1.165) is 43.4 Å². The van der Waals surface area contributed by atoms with Crippen LogP contribution in [0.25, 0.3) is 10.8 Å². The van der Waals surface area contributed by atoms with Gasteiger partial charge < -0.3 is 15.4 Å². The van der Waals surface area contributed by atoms with Crippen LogP contribution >= 0.6 is 0 Å². The van der Waals surface area contributed by atoms with Crippen molar-refractivity contribution in [2.75, 3.05) is 31.9 Å². The highest BCUT2D eigenvalue weighted by Crippen LogP contribution is 2.21. The van der Waals surface area contributed by atoms with Gasteiger partial charge in [-0.1, -0.05) is 12.1 Å². The molecule has 2 heterocycles. The number of hydrogen-bond donors (Lipinski definition) is 1. The van der Waals surface area contributed by atoms with Gasteiger partial charge in [-0.05, 0) is 50.3 Å². The molecule has 6 nitrogen and oxygen atoms in total. The minimum Gasteiger partial charge on any atom is -0.444 e. The predicted octanol–water partition coefficient (Wildman–Crippen LogP) is 3.26. The molecule has 1 aromatic heterocycles. The van der Waals surface area contributed by atoms with Crippen LogP contribution in [-0.2, 0) is 11.3 Å². The summed E-state index contributed by atoms with van der Waals surface area (Å²) >= 11 is 0.